The fourth-order valence-electron chi connectivity index (χ4n) is 0.811. The highest BCUT2D eigenvalue weighted by molar-refractivity contribution is 7.99. The third-order valence-electron chi connectivity index (χ3n) is 1.30. The molecule has 0 amide bonds. The number of hydrogen-bond acceptors (Lipinski definition) is 3. The van der Waals surface area contributed by atoms with Gasteiger partial charge in [0.05, 0.1) is 5.37 Å². The SMILES string of the molecule is CN1CCSC(N)C1. The van der Waals surface area contributed by atoms with E-state index < -0.39 is 0 Å². The molecule has 1 unspecified atom stereocenters. The molecule has 3 heteroatoms. The van der Waals surface area contributed by atoms with E-state index in [4.69, 9.17) is 5.73 Å². The Balaban J connectivity index is 2.23. The molecule has 0 radical (unpaired) electrons. The maximum Gasteiger partial charge on any atom is 0.0636 e. The van der Waals surface area contributed by atoms with Gasteiger partial charge in [-0.2, -0.15) is 0 Å². The minimum Gasteiger partial charge on any atom is -0.318 e. The summed E-state index contributed by atoms with van der Waals surface area (Å²) in [6, 6.07) is 0. The van der Waals surface area contributed by atoms with Gasteiger partial charge >= 0.3 is 0 Å². The molecule has 1 aliphatic heterocycles. The van der Waals surface area contributed by atoms with E-state index in [-0.39, 0.29) is 0 Å². The van der Waals surface area contributed by atoms with E-state index in [9.17, 15) is 0 Å². The summed E-state index contributed by atoms with van der Waals surface area (Å²) in [6.07, 6.45) is 0. The quantitative estimate of drug-likeness (QED) is 0.501. The van der Waals surface area contributed by atoms with Crippen molar-refractivity contribution < 1.29 is 0 Å². The predicted octanol–water partition coefficient (Wildman–Crippen LogP) is -0.0502. The first-order valence-electron chi connectivity index (χ1n) is 2.85. The van der Waals surface area contributed by atoms with Gasteiger partial charge in [-0.25, -0.2) is 0 Å². The predicted molar refractivity (Wildman–Crippen MR) is 37.9 cm³/mol. The molecule has 2 N–H and O–H groups in total. The molecular formula is C5H12N2S. The summed E-state index contributed by atoms with van der Waals surface area (Å²) in [5.74, 6) is 1.19. The molecule has 0 aromatic rings. The molecule has 1 rings (SSSR count). The Morgan fingerprint density at radius 3 is 2.88 bits per heavy atom. The second-order valence-corrected chi connectivity index (χ2v) is 3.52. The lowest BCUT2D eigenvalue weighted by Gasteiger charge is -2.26. The van der Waals surface area contributed by atoms with Crippen molar-refractivity contribution in [3.8, 4) is 0 Å². The zero-order chi connectivity index (χ0) is 5.98. The van der Waals surface area contributed by atoms with Gasteiger partial charge in [-0.3, -0.25) is 0 Å². The molecule has 1 saturated heterocycles. The van der Waals surface area contributed by atoms with Crippen molar-refractivity contribution in [3.63, 3.8) is 0 Å². The summed E-state index contributed by atoms with van der Waals surface area (Å²) >= 11 is 1.86. The van der Waals surface area contributed by atoms with Crippen LogP contribution < -0.4 is 5.73 Å². The van der Waals surface area contributed by atoms with Gasteiger partial charge < -0.3 is 10.6 Å². The van der Waals surface area contributed by atoms with Crippen LogP contribution >= 0.6 is 11.8 Å². The average molecular weight is 132 g/mol. The third-order valence-corrected chi connectivity index (χ3v) is 2.29. The molecule has 1 heterocycles. The van der Waals surface area contributed by atoms with E-state index in [1.807, 2.05) is 11.8 Å². The smallest absolute Gasteiger partial charge is 0.0636 e. The zero-order valence-corrected chi connectivity index (χ0v) is 5.95. The summed E-state index contributed by atoms with van der Waals surface area (Å²) < 4.78 is 0. The molecule has 0 aromatic heterocycles. The largest absolute Gasteiger partial charge is 0.318 e. The van der Waals surface area contributed by atoms with Gasteiger partial charge in [-0.05, 0) is 7.05 Å². The van der Waals surface area contributed by atoms with Gasteiger partial charge in [0, 0.05) is 18.8 Å². The van der Waals surface area contributed by atoms with Crippen LogP contribution in [0.1, 0.15) is 0 Å². The number of hydrogen-bond donors (Lipinski definition) is 1. The maximum atomic E-state index is 5.65. The summed E-state index contributed by atoms with van der Waals surface area (Å²) in [7, 11) is 2.11. The minimum atomic E-state index is 0.355. The highest BCUT2D eigenvalue weighted by Gasteiger charge is 2.11. The van der Waals surface area contributed by atoms with Crippen molar-refractivity contribution in [3.05, 3.63) is 0 Å². The van der Waals surface area contributed by atoms with Gasteiger partial charge in [-0.15, -0.1) is 11.8 Å². The Bertz CT molecular complexity index is 68.8. The highest BCUT2D eigenvalue weighted by atomic mass is 32.2. The van der Waals surface area contributed by atoms with Crippen LogP contribution in [0.4, 0.5) is 0 Å². The first-order chi connectivity index (χ1) is 3.79. The van der Waals surface area contributed by atoms with Gasteiger partial charge in [0.15, 0.2) is 0 Å². The second-order valence-electron chi connectivity index (χ2n) is 2.17. The van der Waals surface area contributed by atoms with Gasteiger partial charge in [0.25, 0.3) is 0 Å². The number of nitrogens with two attached hydrogens (primary N) is 1. The lowest BCUT2D eigenvalue weighted by Crippen LogP contribution is -2.39. The standard InChI is InChI=1S/C5H12N2S/c1-7-2-3-8-5(6)4-7/h5H,2-4,6H2,1H3. The van der Waals surface area contributed by atoms with Crippen LogP contribution in [0, 0.1) is 0 Å². The molecule has 0 saturated carbocycles. The lowest BCUT2D eigenvalue weighted by atomic mass is 10.5. The molecule has 8 heavy (non-hydrogen) atoms. The van der Waals surface area contributed by atoms with E-state index in [1.165, 1.54) is 12.3 Å². The number of thioether (sulfide) groups is 1. The van der Waals surface area contributed by atoms with Crippen LogP contribution in [0.2, 0.25) is 0 Å². The van der Waals surface area contributed by atoms with Crippen LogP contribution in [0.5, 0.6) is 0 Å². The molecule has 2 nitrogen and oxygen atoms in total. The molecule has 1 aliphatic rings. The highest BCUT2D eigenvalue weighted by Crippen LogP contribution is 2.11. The van der Waals surface area contributed by atoms with Crippen molar-refractivity contribution in [2.75, 3.05) is 25.9 Å². The fraction of sp³-hybridized carbons (Fsp3) is 1.00. The summed E-state index contributed by atoms with van der Waals surface area (Å²) in [6.45, 7) is 2.24. The first kappa shape index (κ1) is 6.39. The Morgan fingerprint density at radius 2 is 2.50 bits per heavy atom. The Morgan fingerprint density at radius 1 is 1.75 bits per heavy atom. The molecular weight excluding hydrogens is 120 g/mol. The van der Waals surface area contributed by atoms with Crippen LogP contribution in [-0.4, -0.2) is 36.2 Å². The zero-order valence-electron chi connectivity index (χ0n) is 5.13. The number of likely N-dealkylation sites (N-methyl/N-ethyl adjacent to an activating group) is 1. The molecule has 0 aliphatic carbocycles. The minimum absolute atomic E-state index is 0.355. The van der Waals surface area contributed by atoms with E-state index >= 15 is 0 Å². The monoisotopic (exact) mass is 132 g/mol. The van der Waals surface area contributed by atoms with Crippen molar-refractivity contribution >= 4 is 11.8 Å². The molecule has 1 atom stereocenters. The first-order valence-corrected chi connectivity index (χ1v) is 3.89. The summed E-state index contributed by atoms with van der Waals surface area (Å²) in [5.41, 5.74) is 5.65. The molecule has 1 fully saturated rings. The van der Waals surface area contributed by atoms with E-state index in [0.717, 1.165) is 6.54 Å². The van der Waals surface area contributed by atoms with Crippen molar-refractivity contribution in [2.24, 2.45) is 5.73 Å². The van der Waals surface area contributed by atoms with Crippen LogP contribution in [-0.2, 0) is 0 Å². The van der Waals surface area contributed by atoms with Gasteiger partial charge in [-0.1, -0.05) is 0 Å². The van der Waals surface area contributed by atoms with Gasteiger partial charge in [0.1, 0.15) is 0 Å². The maximum absolute atomic E-state index is 5.65. The molecule has 48 valence electrons. The Labute approximate surface area is 54.4 Å². The van der Waals surface area contributed by atoms with Crippen molar-refractivity contribution in [2.45, 2.75) is 5.37 Å². The second kappa shape index (κ2) is 2.71. The molecule has 0 aromatic carbocycles. The van der Waals surface area contributed by atoms with Gasteiger partial charge in [0.2, 0.25) is 0 Å². The van der Waals surface area contributed by atoms with Crippen molar-refractivity contribution in [1.29, 1.82) is 0 Å². The van der Waals surface area contributed by atoms with Crippen LogP contribution in [0.3, 0.4) is 0 Å². The number of nitrogens with zero attached hydrogens (tertiary/aromatic N) is 1. The Kier molecular flexibility index (Phi) is 2.16. The topological polar surface area (TPSA) is 29.3 Å². The number of rotatable bonds is 0. The van der Waals surface area contributed by atoms with Crippen LogP contribution in [0.15, 0.2) is 0 Å². The fourth-order valence-corrected chi connectivity index (χ4v) is 1.89. The third kappa shape index (κ3) is 1.65. The van der Waals surface area contributed by atoms with Crippen LogP contribution in [0.25, 0.3) is 0 Å². The molecule has 0 spiro atoms. The Hall–Kier alpha value is 0.270. The lowest BCUT2D eigenvalue weighted by molar-refractivity contribution is 0.347. The average Bonchev–Trinajstić information content (AvgIpc) is 1.64. The van der Waals surface area contributed by atoms with E-state index in [2.05, 4.69) is 11.9 Å². The van der Waals surface area contributed by atoms with E-state index in [1.54, 1.807) is 0 Å². The summed E-state index contributed by atoms with van der Waals surface area (Å²) in [5, 5.41) is 0.355. The molecule has 0 bridgehead atoms. The normalized spacial score (nSPS) is 33.0. The summed E-state index contributed by atoms with van der Waals surface area (Å²) in [4.78, 5) is 2.27. The van der Waals surface area contributed by atoms with E-state index in [0.29, 0.717) is 5.37 Å². The van der Waals surface area contributed by atoms with Crippen molar-refractivity contribution in [1.82, 2.24) is 4.90 Å².